The first-order valence-corrected chi connectivity index (χ1v) is 10.3. The maximum absolute atomic E-state index is 11.3. The van der Waals surface area contributed by atoms with Gasteiger partial charge in [0.1, 0.15) is 0 Å². The highest BCUT2D eigenvalue weighted by Crippen LogP contribution is 2.38. The van der Waals surface area contributed by atoms with E-state index in [0.717, 1.165) is 26.1 Å². The molecule has 29 heavy (non-hydrogen) atoms. The van der Waals surface area contributed by atoms with Gasteiger partial charge in [-0.3, -0.25) is 14.5 Å². The van der Waals surface area contributed by atoms with E-state index in [-0.39, 0.29) is 5.54 Å². The van der Waals surface area contributed by atoms with Gasteiger partial charge in [-0.2, -0.15) is 5.10 Å². The first-order valence-electron chi connectivity index (χ1n) is 10.3. The van der Waals surface area contributed by atoms with Crippen molar-refractivity contribution < 1.29 is 5.11 Å². The van der Waals surface area contributed by atoms with Crippen LogP contribution in [0.2, 0.25) is 0 Å². The van der Waals surface area contributed by atoms with Gasteiger partial charge < -0.3 is 5.11 Å². The predicted molar refractivity (Wildman–Crippen MR) is 115 cm³/mol. The van der Waals surface area contributed by atoms with E-state index in [2.05, 4.69) is 77.5 Å². The Kier molecular flexibility index (Phi) is 5.81. The van der Waals surface area contributed by atoms with Gasteiger partial charge in [0.25, 0.3) is 0 Å². The number of piperidine rings is 1. The maximum Gasteiger partial charge on any atom is 0.0892 e. The van der Waals surface area contributed by atoms with Crippen LogP contribution >= 0.6 is 0 Å². The third-order valence-corrected chi connectivity index (χ3v) is 6.27. The molecule has 1 saturated heterocycles. The lowest BCUT2D eigenvalue weighted by Crippen LogP contribution is -2.59. The fourth-order valence-corrected chi connectivity index (χ4v) is 4.64. The summed E-state index contributed by atoms with van der Waals surface area (Å²) in [4.78, 5) is 4.56. The van der Waals surface area contributed by atoms with Crippen LogP contribution < -0.4 is 0 Å². The first-order chi connectivity index (χ1) is 14.1. The van der Waals surface area contributed by atoms with Crippen molar-refractivity contribution in [2.45, 2.75) is 31.2 Å². The molecule has 0 saturated carbocycles. The molecule has 5 nitrogen and oxygen atoms in total. The number of likely N-dealkylation sites (tertiary alicyclic amines) is 1. The molecule has 4 rings (SSSR count). The van der Waals surface area contributed by atoms with E-state index in [1.54, 1.807) is 0 Å². The monoisotopic (exact) mass is 390 g/mol. The molecule has 1 aliphatic rings. The minimum atomic E-state index is -0.452. The highest BCUT2D eigenvalue weighted by atomic mass is 16.3. The van der Waals surface area contributed by atoms with Crippen molar-refractivity contribution in [1.29, 1.82) is 0 Å². The molecule has 1 fully saturated rings. The quantitative estimate of drug-likeness (QED) is 0.703. The van der Waals surface area contributed by atoms with Gasteiger partial charge in [0.05, 0.1) is 18.2 Å². The van der Waals surface area contributed by atoms with E-state index < -0.39 is 6.10 Å². The van der Waals surface area contributed by atoms with Crippen LogP contribution in [0.4, 0.5) is 0 Å². The van der Waals surface area contributed by atoms with Crippen molar-refractivity contribution in [3.63, 3.8) is 0 Å². The molecule has 0 amide bonds. The highest BCUT2D eigenvalue weighted by molar-refractivity contribution is 5.29. The SMILES string of the molecule is CN(C)[C@]1(c2ccccc2)CCN(Cc2ccccc2Cn2cccn2)C[C@H]1O. The van der Waals surface area contributed by atoms with Crippen molar-refractivity contribution >= 4 is 0 Å². The largest absolute Gasteiger partial charge is 0.389 e. The average molecular weight is 391 g/mol. The predicted octanol–water partition coefficient (Wildman–Crippen LogP) is 2.96. The molecule has 0 radical (unpaired) electrons. The van der Waals surface area contributed by atoms with Gasteiger partial charge in [-0.05, 0) is 43.3 Å². The molecule has 5 heteroatoms. The Hall–Kier alpha value is -2.47. The second-order valence-electron chi connectivity index (χ2n) is 8.16. The van der Waals surface area contributed by atoms with Gasteiger partial charge in [0.2, 0.25) is 0 Å². The Balaban J connectivity index is 1.51. The molecule has 3 aromatic rings. The van der Waals surface area contributed by atoms with Gasteiger partial charge in [-0.15, -0.1) is 0 Å². The van der Waals surface area contributed by atoms with E-state index in [4.69, 9.17) is 0 Å². The van der Waals surface area contributed by atoms with E-state index in [1.165, 1.54) is 16.7 Å². The standard InChI is InChI=1S/C24H30N4O/c1-26(2)24(22-11-4-3-5-12-22)13-16-27(19-23(24)29)17-20-9-6-7-10-21(20)18-28-15-8-14-25-28/h3-12,14-15,23,29H,13,16-19H2,1-2H3/t23-,24+/m1/s1. The lowest BCUT2D eigenvalue weighted by molar-refractivity contribution is -0.0703. The molecule has 0 bridgehead atoms. The Labute approximate surface area is 173 Å². The number of aromatic nitrogens is 2. The summed E-state index contributed by atoms with van der Waals surface area (Å²) in [6.45, 7) is 3.21. The molecule has 0 aliphatic carbocycles. The second kappa shape index (κ2) is 8.49. The Morgan fingerprint density at radius 2 is 1.69 bits per heavy atom. The van der Waals surface area contributed by atoms with Crippen LogP contribution in [0, 0.1) is 0 Å². The molecule has 0 unspecified atom stereocenters. The van der Waals surface area contributed by atoms with Crippen molar-refractivity contribution in [2.24, 2.45) is 0 Å². The fourth-order valence-electron chi connectivity index (χ4n) is 4.64. The third kappa shape index (κ3) is 3.99. The lowest BCUT2D eigenvalue weighted by Gasteiger charge is -2.50. The molecular weight excluding hydrogens is 360 g/mol. The number of hydrogen-bond acceptors (Lipinski definition) is 4. The molecule has 2 aromatic carbocycles. The number of β-amino-alcohol motifs (C(OH)–C–C–N with tert-alkyl or cyclic N) is 1. The number of rotatable bonds is 6. The number of benzene rings is 2. The minimum Gasteiger partial charge on any atom is -0.389 e. The van der Waals surface area contributed by atoms with Crippen molar-refractivity contribution in [1.82, 2.24) is 19.6 Å². The summed E-state index contributed by atoms with van der Waals surface area (Å²) in [5.74, 6) is 0. The van der Waals surface area contributed by atoms with Crippen molar-refractivity contribution in [2.75, 3.05) is 27.2 Å². The summed E-state index contributed by atoms with van der Waals surface area (Å²) < 4.78 is 1.95. The Morgan fingerprint density at radius 1 is 1.00 bits per heavy atom. The van der Waals surface area contributed by atoms with Gasteiger partial charge >= 0.3 is 0 Å². The van der Waals surface area contributed by atoms with Crippen LogP contribution in [0.5, 0.6) is 0 Å². The van der Waals surface area contributed by atoms with Crippen molar-refractivity contribution in [3.05, 3.63) is 89.7 Å². The van der Waals surface area contributed by atoms with E-state index >= 15 is 0 Å². The summed E-state index contributed by atoms with van der Waals surface area (Å²) in [5.41, 5.74) is 3.42. The van der Waals surface area contributed by atoms with Crippen LogP contribution in [-0.2, 0) is 18.6 Å². The average Bonchev–Trinajstić information content (AvgIpc) is 3.23. The van der Waals surface area contributed by atoms with E-state index in [1.807, 2.05) is 29.2 Å². The lowest BCUT2D eigenvalue weighted by atomic mass is 9.77. The molecule has 0 spiro atoms. The molecule has 1 aliphatic heterocycles. The van der Waals surface area contributed by atoms with Gasteiger partial charge in [-0.1, -0.05) is 54.6 Å². The minimum absolute atomic E-state index is 0.341. The highest BCUT2D eigenvalue weighted by Gasteiger charge is 2.45. The topological polar surface area (TPSA) is 44.5 Å². The number of nitrogens with zero attached hydrogens (tertiary/aromatic N) is 4. The summed E-state index contributed by atoms with van der Waals surface area (Å²) in [7, 11) is 4.15. The summed E-state index contributed by atoms with van der Waals surface area (Å²) >= 11 is 0. The zero-order chi connectivity index (χ0) is 20.3. The van der Waals surface area contributed by atoms with Crippen LogP contribution in [0.3, 0.4) is 0 Å². The number of aliphatic hydroxyl groups is 1. The maximum atomic E-state index is 11.3. The molecule has 152 valence electrons. The summed E-state index contributed by atoms with van der Waals surface area (Å²) in [6.07, 6.45) is 4.25. The van der Waals surface area contributed by atoms with E-state index in [9.17, 15) is 5.11 Å². The van der Waals surface area contributed by atoms with Gasteiger partial charge in [-0.25, -0.2) is 0 Å². The fraction of sp³-hybridized carbons (Fsp3) is 0.375. The molecule has 2 heterocycles. The smallest absolute Gasteiger partial charge is 0.0892 e. The van der Waals surface area contributed by atoms with E-state index in [0.29, 0.717) is 6.54 Å². The molecule has 1 aromatic heterocycles. The van der Waals surface area contributed by atoms with Gasteiger partial charge in [0, 0.05) is 32.0 Å². The molecular formula is C24H30N4O. The summed E-state index contributed by atoms with van der Waals surface area (Å²) in [5, 5.41) is 15.6. The Morgan fingerprint density at radius 3 is 2.31 bits per heavy atom. The number of likely N-dealkylation sites (N-methyl/N-ethyl adjacent to an activating group) is 1. The summed E-state index contributed by atoms with van der Waals surface area (Å²) in [6, 6.07) is 20.9. The van der Waals surface area contributed by atoms with Crippen LogP contribution in [-0.4, -0.2) is 58.0 Å². The first kappa shape index (κ1) is 19.8. The van der Waals surface area contributed by atoms with Crippen LogP contribution in [0.15, 0.2) is 73.1 Å². The number of hydrogen-bond donors (Lipinski definition) is 1. The Bertz CT molecular complexity index is 910. The number of aliphatic hydroxyl groups excluding tert-OH is 1. The molecule has 2 atom stereocenters. The van der Waals surface area contributed by atoms with Crippen molar-refractivity contribution in [3.8, 4) is 0 Å². The normalized spacial score (nSPS) is 22.8. The van der Waals surface area contributed by atoms with Gasteiger partial charge in [0.15, 0.2) is 0 Å². The van der Waals surface area contributed by atoms with Crippen LogP contribution in [0.25, 0.3) is 0 Å². The second-order valence-corrected chi connectivity index (χ2v) is 8.16. The van der Waals surface area contributed by atoms with Crippen LogP contribution in [0.1, 0.15) is 23.1 Å². The third-order valence-electron chi connectivity index (χ3n) is 6.27. The zero-order valence-electron chi connectivity index (χ0n) is 17.3. The molecule has 1 N–H and O–H groups in total. The zero-order valence-corrected chi connectivity index (χ0v) is 17.3.